The first-order valence-electron chi connectivity index (χ1n) is 8.31. The van der Waals surface area contributed by atoms with Crippen LogP contribution in [0.4, 0.5) is 0 Å². The van der Waals surface area contributed by atoms with E-state index in [0.29, 0.717) is 0 Å². The Bertz CT molecular complexity index is 938. The van der Waals surface area contributed by atoms with Gasteiger partial charge in [-0.05, 0) is 36.6 Å². The molecule has 1 nitrogen and oxygen atoms in total. The third-order valence-electron chi connectivity index (χ3n) is 4.63. The maximum Gasteiger partial charge on any atom is 0.0494 e. The molecule has 0 aliphatic rings. The van der Waals surface area contributed by atoms with Crippen molar-refractivity contribution in [3.8, 4) is 0 Å². The number of hydrogen-bond acceptors (Lipinski definition) is 0. The summed E-state index contributed by atoms with van der Waals surface area (Å²) in [5, 5.41) is 2.68. The Hall–Kier alpha value is -2.54. The summed E-state index contributed by atoms with van der Waals surface area (Å²) in [6, 6.07) is 24.4. The van der Waals surface area contributed by atoms with Gasteiger partial charge in [0.1, 0.15) is 0 Å². The minimum absolute atomic E-state index is 0.919. The van der Waals surface area contributed by atoms with Crippen molar-refractivity contribution in [2.45, 2.75) is 26.8 Å². The van der Waals surface area contributed by atoms with Crippen molar-refractivity contribution in [1.82, 2.24) is 4.57 Å². The zero-order valence-electron chi connectivity index (χ0n) is 13.7. The molecule has 0 atom stereocenters. The highest BCUT2D eigenvalue weighted by molar-refractivity contribution is 6.08. The normalized spacial score (nSPS) is 11.4. The van der Waals surface area contributed by atoms with Crippen LogP contribution in [0.2, 0.25) is 0 Å². The molecule has 23 heavy (non-hydrogen) atoms. The Kier molecular flexibility index (Phi) is 3.42. The second kappa shape index (κ2) is 5.58. The molecule has 114 valence electrons. The van der Waals surface area contributed by atoms with Gasteiger partial charge >= 0.3 is 0 Å². The van der Waals surface area contributed by atoms with E-state index < -0.39 is 0 Å². The predicted molar refractivity (Wildman–Crippen MR) is 99.1 cm³/mol. The van der Waals surface area contributed by atoms with Gasteiger partial charge in [-0.2, -0.15) is 0 Å². The molecule has 0 amide bonds. The van der Waals surface area contributed by atoms with E-state index in [9.17, 15) is 0 Å². The number of fused-ring (bicyclic) bond motifs is 3. The molecule has 0 aliphatic carbocycles. The molecular weight excluding hydrogens is 278 g/mol. The Labute approximate surface area is 137 Å². The van der Waals surface area contributed by atoms with E-state index in [1.165, 1.54) is 38.5 Å². The number of benzene rings is 3. The van der Waals surface area contributed by atoms with Crippen LogP contribution in [0.1, 0.15) is 23.6 Å². The van der Waals surface area contributed by atoms with Crippen LogP contribution in [0.3, 0.4) is 0 Å². The molecule has 0 saturated carbocycles. The Balaban J connectivity index is 1.92. The van der Waals surface area contributed by atoms with E-state index in [0.717, 1.165) is 13.0 Å². The highest BCUT2D eigenvalue weighted by Gasteiger charge is 2.10. The molecule has 1 heteroatoms. The minimum Gasteiger partial charge on any atom is -0.336 e. The molecule has 0 N–H and O–H groups in total. The molecule has 0 spiro atoms. The summed E-state index contributed by atoms with van der Waals surface area (Å²) in [5.41, 5.74) is 6.77. The van der Waals surface area contributed by atoms with Crippen LogP contribution in [0.5, 0.6) is 0 Å². The van der Waals surface area contributed by atoms with Gasteiger partial charge in [-0.3, -0.25) is 0 Å². The monoisotopic (exact) mass is 299 g/mol. The second-order valence-corrected chi connectivity index (χ2v) is 6.30. The van der Waals surface area contributed by atoms with Crippen molar-refractivity contribution < 1.29 is 0 Å². The first-order chi connectivity index (χ1) is 11.3. The highest BCUT2D eigenvalue weighted by Crippen LogP contribution is 2.29. The smallest absolute Gasteiger partial charge is 0.0494 e. The van der Waals surface area contributed by atoms with Crippen LogP contribution in [0.15, 0.2) is 66.7 Å². The van der Waals surface area contributed by atoms with E-state index in [4.69, 9.17) is 0 Å². The minimum atomic E-state index is 0.919. The number of rotatable bonds is 3. The van der Waals surface area contributed by atoms with Gasteiger partial charge in [0.25, 0.3) is 0 Å². The average molecular weight is 299 g/mol. The predicted octanol–water partition coefficient (Wildman–Crippen LogP) is 5.71. The van der Waals surface area contributed by atoms with Gasteiger partial charge in [0.2, 0.25) is 0 Å². The van der Waals surface area contributed by atoms with Crippen molar-refractivity contribution in [3.05, 3.63) is 83.4 Å². The number of hydrogen-bond donors (Lipinski definition) is 0. The fourth-order valence-corrected chi connectivity index (χ4v) is 3.60. The summed E-state index contributed by atoms with van der Waals surface area (Å²) < 4.78 is 2.44. The molecule has 1 heterocycles. The summed E-state index contributed by atoms with van der Waals surface area (Å²) in [6.45, 7) is 5.33. The Morgan fingerprint density at radius 1 is 0.739 bits per heavy atom. The van der Waals surface area contributed by atoms with E-state index in [-0.39, 0.29) is 0 Å². The maximum absolute atomic E-state index is 2.44. The maximum atomic E-state index is 2.44. The number of aryl methyl sites for hydroxylation is 2. The van der Waals surface area contributed by atoms with Gasteiger partial charge < -0.3 is 4.57 Å². The fraction of sp³-hybridized carbons (Fsp3) is 0.182. The summed E-state index contributed by atoms with van der Waals surface area (Å²) in [7, 11) is 0. The molecule has 4 rings (SSSR count). The third-order valence-corrected chi connectivity index (χ3v) is 4.63. The molecule has 0 fully saturated rings. The van der Waals surface area contributed by atoms with Gasteiger partial charge in [-0.25, -0.2) is 0 Å². The van der Waals surface area contributed by atoms with Gasteiger partial charge in [0.05, 0.1) is 0 Å². The number of nitrogens with zero attached hydrogens (tertiary/aromatic N) is 1. The SMILES string of the molecule is CCc1cc(C)cc(Cn2c3ccccc3c3ccccc32)c1. The van der Waals surface area contributed by atoms with Crippen LogP contribution >= 0.6 is 0 Å². The van der Waals surface area contributed by atoms with Crippen LogP contribution < -0.4 is 0 Å². The van der Waals surface area contributed by atoms with Crippen molar-refractivity contribution >= 4 is 21.8 Å². The zero-order chi connectivity index (χ0) is 15.8. The summed E-state index contributed by atoms with van der Waals surface area (Å²) in [6.07, 6.45) is 1.09. The molecule has 0 saturated heterocycles. The van der Waals surface area contributed by atoms with Crippen molar-refractivity contribution in [3.63, 3.8) is 0 Å². The average Bonchev–Trinajstić information content (AvgIpc) is 2.89. The third kappa shape index (κ3) is 2.43. The first-order valence-corrected chi connectivity index (χ1v) is 8.31. The molecule has 0 bridgehead atoms. The Morgan fingerprint density at radius 3 is 1.91 bits per heavy atom. The van der Waals surface area contributed by atoms with Gasteiger partial charge in [0, 0.05) is 28.4 Å². The van der Waals surface area contributed by atoms with Crippen molar-refractivity contribution in [2.75, 3.05) is 0 Å². The lowest BCUT2D eigenvalue weighted by atomic mass is 10.0. The first kappa shape index (κ1) is 14.1. The van der Waals surface area contributed by atoms with Crippen molar-refractivity contribution in [2.24, 2.45) is 0 Å². The fourth-order valence-electron chi connectivity index (χ4n) is 3.60. The molecule has 0 aliphatic heterocycles. The molecule has 4 aromatic rings. The molecule has 0 unspecified atom stereocenters. The van der Waals surface area contributed by atoms with E-state index in [1.54, 1.807) is 0 Å². The molecule has 0 radical (unpaired) electrons. The van der Waals surface area contributed by atoms with Gasteiger partial charge in [0.15, 0.2) is 0 Å². The molecular formula is C22H21N. The highest BCUT2D eigenvalue weighted by atomic mass is 15.0. The lowest BCUT2D eigenvalue weighted by Crippen LogP contribution is -2.00. The quantitative estimate of drug-likeness (QED) is 0.456. The summed E-state index contributed by atoms with van der Waals surface area (Å²) in [4.78, 5) is 0. The Morgan fingerprint density at radius 2 is 1.30 bits per heavy atom. The van der Waals surface area contributed by atoms with E-state index >= 15 is 0 Å². The van der Waals surface area contributed by atoms with Crippen molar-refractivity contribution in [1.29, 1.82) is 0 Å². The standard InChI is InChI=1S/C22H21N/c1-3-17-12-16(2)13-18(14-17)15-23-21-10-6-4-8-19(21)20-9-5-7-11-22(20)23/h4-14H,3,15H2,1-2H3. The van der Waals surface area contributed by atoms with Crippen LogP contribution in [-0.2, 0) is 13.0 Å². The van der Waals surface area contributed by atoms with Crippen LogP contribution in [-0.4, -0.2) is 4.57 Å². The van der Waals surface area contributed by atoms with Crippen LogP contribution in [0.25, 0.3) is 21.8 Å². The van der Waals surface area contributed by atoms with Gasteiger partial charge in [-0.15, -0.1) is 0 Å². The zero-order valence-corrected chi connectivity index (χ0v) is 13.7. The topological polar surface area (TPSA) is 4.93 Å². The molecule has 3 aromatic carbocycles. The number of aromatic nitrogens is 1. The lowest BCUT2D eigenvalue weighted by Gasteiger charge is -2.10. The summed E-state index contributed by atoms with van der Waals surface area (Å²) in [5.74, 6) is 0. The second-order valence-electron chi connectivity index (χ2n) is 6.30. The number of para-hydroxylation sites is 2. The van der Waals surface area contributed by atoms with E-state index in [1.807, 2.05) is 0 Å². The van der Waals surface area contributed by atoms with Gasteiger partial charge in [-0.1, -0.05) is 67.1 Å². The molecule has 1 aromatic heterocycles. The largest absolute Gasteiger partial charge is 0.336 e. The van der Waals surface area contributed by atoms with E-state index in [2.05, 4.69) is 85.1 Å². The van der Waals surface area contributed by atoms with Crippen LogP contribution in [0, 0.1) is 6.92 Å². The summed E-state index contributed by atoms with van der Waals surface area (Å²) >= 11 is 0. The lowest BCUT2D eigenvalue weighted by molar-refractivity contribution is 0.864.